The Morgan fingerprint density at radius 2 is 1.48 bits per heavy atom. The topological polar surface area (TPSA) is 18.5 Å². The Hall–Kier alpha value is -2.24. The monoisotopic (exact) mass is 306 g/mol. The van der Waals surface area contributed by atoms with Gasteiger partial charge >= 0.3 is 0 Å². The molecule has 0 atom stereocenters. The number of hydrogen-bond acceptors (Lipinski definition) is 2. The first-order chi connectivity index (χ1) is 11.3. The maximum absolute atomic E-state index is 5.54. The lowest BCUT2D eigenvalue weighted by Crippen LogP contribution is -2.08. The molecular weight excluding hydrogens is 284 g/mol. The fourth-order valence-corrected chi connectivity index (χ4v) is 2.60. The van der Waals surface area contributed by atoms with Crippen LogP contribution in [0.2, 0.25) is 0 Å². The highest BCUT2D eigenvalue weighted by Gasteiger charge is 2.18. The molecule has 0 bridgehead atoms. The average Bonchev–Trinajstić information content (AvgIpc) is 2.54. The minimum atomic E-state index is 0.564. The van der Waals surface area contributed by atoms with Crippen LogP contribution in [0.4, 0.5) is 0 Å². The Labute approximate surface area is 138 Å². The van der Waals surface area contributed by atoms with Crippen molar-refractivity contribution in [2.24, 2.45) is 0 Å². The van der Waals surface area contributed by atoms with Gasteiger partial charge in [0.05, 0.1) is 6.61 Å². The van der Waals surface area contributed by atoms with Crippen LogP contribution in [0.15, 0.2) is 48.5 Å². The molecule has 0 unspecified atom stereocenters. The van der Waals surface area contributed by atoms with E-state index in [1.165, 1.54) is 24.8 Å². The molecular formula is C21H22O2. The maximum Gasteiger partial charge on any atom is 0.119 e. The Morgan fingerprint density at radius 3 is 2.00 bits per heavy atom. The molecule has 0 radical (unpaired) electrons. The summed E-state index contributed by atoms with van der Waals surface area (Å²) in [4.78, 5) is 0. The molecule has 1 saturated carbocycles. The van der Waals surface area contributed by atoms with E-state index in [-0.39, 0.29) is 0 Å². The van der Waals surface area contributed by atoms with E-state index < -0.39 is 0 Å². The van der Waals surface area contributed by atoms with Gasteiger partial charge in [0.1, 0.15) is 12.4 Å². The van der Waals surface area contributed by atoms with Crippen LogP contribution in [-0.2, 0) is 4.74 Å². The lowest BCUT2D eigenvalue weighted by molar-refractivity contribution is 0.146. The van der Waals surface area contributed by atoms with Gasteiger partial charge in [0.2, 0.25) is 0 Å². The maximum atomic E-state index is 5.54. The van der Waals surface area contributed by atoms with Gasteiger partial charge in [-0.25, -0.2) is 0 Å². The van der Waals surface area contributed by atoms with Gasteiger partial charge in [-0.15, -0.1) is 0 Å². The van der Waals surface area contributed by atoms with E-state index in [2.05, 4.69) is 36.1 Å². The minimum absolute atomic E-state index is 0.564. The van der Waals surface area contributed by atoms with E-state index in [9.17, 15) is 0 Å². The zero-order valence-corrected chi connectivity index (χ0v) is 13.5. The summed E-state index contributed by atoms with van der Waals surface area (Å²) in [6.45, 7) is 1.16. The lowest BCUT2D eigenvalue weighted by atomic mass is 9.80. The summed E-state index contributed by atoms with van der Waals surface area (Å²) < 4.78 is 10.5. The highest BCUT2D eigenvalue weighted by atomic mass is 16.5. The summed E-state index contributed by atoms with van der Waals surface area (Å²) in [7, 11) is 1.67. The van der Waals surface area contributed by atoms with Gasteiger partial charge in [0, 0.05) is 18.2 Å². The van der Waals surface area contributed by atoms with E-state index in [4.69, 9.17) is 9.47 Å². The Balaban J connectivity index is 1.59. The van der Waals surface area contributed by atoms with E-state index in [0.29, 0.717) is 13.2 Å². The summed E-state index contributed by atoms with van der Waals surface area (Å²) in [6.07, 6.45) is 4.05. The second-order valence-electron chi connectivity index (χ2n) is 5.87. The van der Waals surface area contributed by atoms with Gasteiger partial charge in [-0.3, -0.25) is 0 Å². The van der Waals surface area contributed by atoms with Crippen molar-refractivity contribution in [1.29, 1.82) is 0 Å². The first-order valence-electron chi connectivity index (χ1n) is 8.19. The lowest BCUT2D eigenvalue weighted by Gasteiger charge is -2.25. The zero-order chi connectivity index (χ0) is 15.9. The quantitative estimate of drug-likeness (QED) is 0.603. The van der Waals surface area contributed by atoms with Crippen LogP contribution in [0.1, 0.15) is 41.9 Å². The summed E-state index contributed by atoms with van der Waals surface area (Å²) in [6, 6.07) is 16.6. The second-order valence-corrected chi connectivity index (χ2v) is 5.87. The molecule has 0 aromatic heterocycles. The van der Waals surface area contributed by atoms with Crippen molar-refractivity contribution < 1.29 is 9.47 Å². The SMILES string of the molecule is COCCOc1ccc(C#Cc2ccc(C3CCC3)cc2)cc1. The van der Waals surface area contributed by atoms with Crippen molar-refractivity contribution in [3.63, 3.8) is 0 Å². The second kappa shape index (κ2) is 7.85. The van der Waals surface area contributed by atoms with Gasteiger partial charge in [-0.2, -0.15) is 0 Å². The number of methoxy groups -OCH3 is 1. The van der Waals surface area contributed by atoms with Crippen LogP contribution in [0.5, 0.6) is 5.75 Å². The van der Waals surface area contributed by atoms with Crippen molar-refractivity contribution in [3.05, 3.63) is 65.2 Å². The van der Waals surface area contributed by atoms with E-state index in [1.807, 2.05) is 24.3 Å². The minimum Gasteiger partial charge on any atom is -0.491 e. The van der Waals surface area contributed by atoms with Crippen LogP contribution < -0.4 is 4.74 Å². The van der Waals surface area contributed by atoms with Gasteiger partial charge < -0.3 is 9.47 Å². The molecule has 2 aromatic rings. The first kappa shape index (κ1) is 15.6. The number of hydrogen-bond donors (Lipinski definition) is 0. The van der Waals surface area contributed by atoms with Crippen LogP contribution >= 0.6 is 0 Å². The van der Waals surface area contributed by atoms with Crippen LogP contribution in [-0.4, -0.2) is 20.3 Å². The fourth-order valence-electron chi connectivity index (χ4n) is 2.60. The molecule has 1 fully saturated rings. The van der Waals surface area contributed by atoms with Crippen LogP contribution in [0.3, 0.4) is 0 Å². The summed E-state index contributed by atoms with van der Waals surface area (Å²) >= 11 is 0. The third-order valence-corrected chi connectivity index (χ3v) is 4.25. The molecule has 118 valence electrons. The third kappa shape index (κ3) is 4.37. The summed E-state index contributed by atoms with van der Waals surface area (Å²) in [5.74, 6) is 8.05. The van der Waals surface area contributed by atoms with Gasteiger partial charge in [-0.1, -0.05) is 30.4 Å². The molecule has 2 nitrogen and oxygen atoms in total. The molecule has 0 heterocycles. The summed E-state index contributed by atoms with van der Waals surface area (Å²) in [5.41, 5.74) is 3.51. The smallest absolute Gasteiger partial charge is 0.119 e. The molecule has 0 N–H and O–H groups in total. The fraction of sp³-hybridized carbons (Fsp3) is 0.333. The van der Waals surface area contributed by atoms with Gasteiger partial charge in [0.25, 0.3) is 0 Å². The van der Waals surface area contributed by atoms with E-state index >= 15 is 0 Å². The van der Waals surface area contributed by atoms with E-state index in [1.54, 1.807) is 7.11 Å². The molecule has 2 heteroatoms. The Morgan fingerprint density at radius 1 is 0.870 bits per heavy atom. The normalized spacial score (nSPS) is 13.8. The van der Waals surface area contributed by atoms with Crippen molar-refractivity contribution >= 4 is 0 Å². The number of rotatable bonds is 5. The van der Waals surface area contributed by atoms with Crippen molar-refractivity contribution in [2.75, 3.05) is 20.3 Å². The molecule has 0 aliphatic heterocycles. The Bertz CT molecular complexity index is 671. The first-order valence-corrected chi connectivity index (χ1v) is 8.19. The summed E-state index contributed by atoms with van der Waals surface area (Å²) in [5, 5.41) is 0. The molecule has 2 aromatic carbocycles. The number of ether oxygens (including phenoxy) is 2. The van der Waals surface area contributed by atoms with Gasteiger partial charge in [-0.05, 0) is 60.7 Å². The third-order valence-electron chi connectivity index (χ3n) is 4.25. The molecule has 0 saturated heterocycles. The standard InChI is InChI=1S/C21H22O2/c1-22-15-16-23-21-13-9-18(10-14-21)6-5-17-7-11-20(12-8-17)19-3-2-4-19/h7-14,19H,2-4,15-16H2,1H3. The predicted molar refractivity (Wildman–Crippen MR) is 92.8 cm³/mol. The van der Waals surface area contributed by atoms with Crippen molar-refractivity contribution in [1.82, 2.24) is 0 Å². The van der Waals surface area contributed by atoms with Gasteiger partial charge in [0.15, 0.2) is 0 Å². The number of benzene rings is 2. The molecule has 1 aliphatic rings. The van der Waals surface area contributed by atoms with E-state index in [0.717, 1.165) is 22.8 Å². The molecule has 0 amide bonds. The highest BCUT2D eigenvalue weighted by Crippen LogP contribution is 2.36. The largest absolute Gasteiger partial charge is 0.491 e. The van der Waals surface area contributed by atoms with Crippen LogP contribution in [0.25, 0.3) is 0 Å². The van der Waals surface area contributed by atoms with Crippen molar-refractivity contribution in [3.8, 4) is 17.6 Å². The Kier molecular flexibility index (Phi) is 5.34. The average molecular weight is 306 g/mol. The highest BCUT2D eigenvalue weighted by molar-refractivity contribution is 5.45. The molecule has 23 heavy (non-hydrogen) atoms. The molecule has 1 aliphatic carbocycles. The molecule has 3 rings (SSSR count). The van der Waals surface area contributed by atoms with Crippen LogP contribution in [0, 0.1) is 11.8 Å². The predicted octanol–water partition coefficient (Wildman–Crippen LogP) is 4.38. The zero-order valence-electron chi connectivity index (χ0n) is 13.5. The van der Waals surface area contributed by atoms with Crippen molar-refractivity contribution in [2.45, 2.75) is 25.2 Å². The molecule has 0 spiro atoms.